The first-order valence-electron chi connectivity index (χ1n) is 14.2. The van der Waals surface area contributed by atoms with Crippen LogP contribution < -0.4 is 10.6 Å². The Kier molecular flexibility index (Phi) is 7.67. The Morgan fingerprint density at radius 3 is 2.37 bits per heavy atom. The number of carbonyl (C=O) groups excluding carboxylic acids is 3. The molecule has 6 rings (SSSR count). The number of amides is 3. The minimum Gasteiger partial charge on any atom is -0.330 e. The van der Waals surface area contributed by atoms with E-state index in [0.29, 0.717) is 24.7 Å². The molecular formula is C32H32N6O3. The van der Waals surface area contributed by atoms with E-state index in [0.717, 1.165) is 59.7 Å². The van der Waals surface area contributed by atoms with Gasteiger partial charge in [0.15, 0.2) is 0 Å². The van der Waals surface area contributed by atoms with Crippen LogP contribution in [0.5, 0.6) is 0 Å². The zero-order valence-electron chi connectivity index (χ0n) is 22.8. The molecule has 3 heterocycles. The van der Waals surface area contributed by atoms with Gasteiger partial charge in [0.25, 0.3) is 0 Å². The van der Waals surface area contributed by atoms with E-state index in [-0.39, 0.29) is 30.1 Å². The predicted molar refractivity (Wildman–Crippen MR) is 157 cm³/mol. The summed E-state index contributed by atoms with van der Waals surface area (Å²) in [5, 5.41) is 6.64. The molecule has 0 bridgehead atoms. The van der Waals surface area contributed by atoms with Crippen molar-refractivity contribution < 1.29 is 14.4 Å². The molecule has 2 aliphatic rings. The summed E-state index contributed by atoms with van der Waals surface area (Å²) in [4.78, 5) is 53.4. The van der Waals surface area contributed by atoms with Crippen LogP contribution in [0, 0.1) is 5.92 Å². The third-order valence-corrected chi connectivity index (χ3v) is 7.96. The average Bonchev–Trinajstić information content (AvgIpc) is 3.71. The lowest BCUT2D eigenvalue weighted by Crippen LogP contribution is -2.43. The number of fused-ring (bicyclic) bond motifs is 1. The van der Waals surface area contributed by atoms with Gasteiger partial charge in [-0.25, -0.2) is 15.0 Å². The van der Waals surface area contributed by atoms with Crippen molar-refractivity contribution >= 4 is 40.4 Å². The quantitative estimate of drug-likeness (QED) is 0.336. The Morgan fingerprint density at radius 1 is 0.805 bits per heavy atom. The number of likely N-dealkylation sites (tertiary alicyclic amines) is 1. The van der Waals surface area contributed by atoms with Gasteiger partial charge in [0, 0.05) is 35.8 Å². The number of nitrogens with zero attached hydrogens (tertiary/aromatic N) is 4. The first kappa shape index (κ1) is 26.6. The Morgan fingerprint density at radius 2 is 1.59 bits per heavy atom. The van der Waals surface area contributed by atoms with Gasteiger partial charge >= 0.3 is 0 Å². The standard InChI is InChI=1S/C32H32N6O3/c39-29(17-21-7-2-1-3-8-21)38-16-6-11-27(38)31(41)36-28-15-13-24-18-23(12-14-26(24)35-28)25-19-33-32(34-20-25)37-30(40)22-9-4-5-10-22/h1-3,7-8,12-15,18-20,22,27H,4-6,9-11,16-17H2,(H,35,36,41)(H,33,34,37,40)/t27-/m0/s1. The highest BCUT2D eigenvalue weighted by Gasteiger charge is 2.34. The molecule has 0 spiro atoms. The Hall–Kier alpha value is -4.66. The number of benzene rings is 2. The number of hydrogen-bond acceptors (Lipinski definition) is 6. The monoisotopic (exact) mass is 548 g/mol. The third kappa shape index (κ3) is 6.09. The molecule has 1 saturated heterocycles. The Balaban J connectivity index is 1.10. The maximum Gasteiger partial charge on any atom is 0.248 e. The molecular weight excluding hydrogens is 516 g/mol. The van der Waals surface area contributed by atoms with E-state index >= 15 is 0 Å². The van der Waals surface area contributed by atoms with Crippen molar-refractivity contribution in [3.05, 3.63) is 78.6 Å². The van der Waals surface area contributed by atoms with Crippen molar-refractivity contribution in [3.63, 3.8) is 0 Å². The molecule has 4 aromatic rings. The van der Waals surface area contributed by atoms with Crippen molar-refractivity contribution in [1.29, 1.82) is 0 Å². The second-order valence-corrected chi connectivity index (χ2v) is 10.8. The maximum absolute atomic E-state index is 13.1. The minimum absolute atomic E-state index is 0.00523. The molecule has 208 valence electrons. The lowest BCUT2D eigenvalue weighted by molar-refractivity contribution is -0.136. The van der Waals surface area contributed by atoms with Crippen molar-refractivity contribution in [1.82, 2.24) is 19.9 Å². The second kappa shape index (κ2) is 11.8. The van der Waals surface area contributed by atoms with Crippen LogP contribution in [-0.2, 0) is 20.8 Å². The van der Waals surface area contributed by atoms with Crippen LogP contribution in [0.25, 0.3) is 22.0 Å². The summed E-state index contributed by atoms with van der Waals surface area (Å²) < 4.78 is 0. The SMILES string of the molecule is O=C(Nc1ncc(-c2ccc3nc(NC(=O)[C@@H]4CCCN4C(=O)Cc4ccccc4)ccc3c2)cn1)C1CCCC1. The van der Waals surface area contributed by atoms with Crippen LogP contribution in [0.2, 0.25) is 0 Å². The van der Waals surface area contributed by atoms with E-state index in [9.17, 15) is 14.4 Å². The van der Waals surface area contributed by atoms with Gasteiger partial charge in [0.1, 0.15) is 11.9 Å². The molecule has 0 radical (unpaired) electrons. The molecule has 1 aliphatic heterocycles. The number of nitrogens with one attached hydrogen (secondary N) is 2. The van der Waals surface area contributed by atoms with Gasteiger partial charge in [-0.2, -0.15) is 0 Å². The summed E-state index contributed by atoms with van der Waals surface area (Å²) in [6.45, 7) is 0.579. The highest BCUT2D eigenvalue weighted by molar-refractivity contribution is 5.98. The van der Waals surface area contributed by atoms with Crippen LogP contribution in [0.4, 0.5) is 11.8 Å². The maximum atomic E-state index is 13.1. The summed E-state index contributed by atoms with van der Waals surface area (Å²) in [6.07, 6.45) is 9.15. The smallest absolute Gasteiger partial charge is 0.248 e. The lowest BCUT2D eigenvalue weighted by Gasteiger charge is -2.24. The van der Waals surface area contributed by atoms with Crippen LogP contribution in [0.1, 0.15) is 44.1 Å². The number of carbonyl (C=O) groups is 3. The summed E-state index contributed by atoms with van der Waals surface area (Å²) in [5.41, 5.74) is 3.41. The molecule has 2 fully saturated rings. The fourth-order valence-corrected chi connectivity index (χ4v) is 5.74. The van der Waals surface area contributed by atoms with Crippen LogP contribution >= 0.6 is 0 Å². The van der Waals surface area contributed by atoms with Gasteiger partial charge in [0.05, 0.1) is 11.9 Å². The number of aromatic nitrogens is 3. The van der Waals surface area contributed by atoms with Crippen molar-refractivity contribution in [2.24, 2.45) is 5.92 Å². The van der Waals surface area contributed by atoms with Gasteiger partial charge in [-0.15, -0.1) is 0 Å². The number of anilines is 2. The van der Waals surface area contributed by atoms with Crippen LogP contribution in [0.15, 0.2) is 73.1 Å². The van der Waals surface area contributed by atoms with E-state index in [1.807, 2.05) is 54.6 Å². The summed E-state index contributed by atoms with van der Waals surface area (Å²) >= 11 is 0. The summed E-state index contributed by atoms with van der Waals surface area (Å²) in [7, 11) is 0. The van der Waals surface area contributed by atoms with Crippen molar-refractivity contribution in [3.8, 4) is 11.1 Å². The van der Waals surface area contributed by atoms with Gasteiger partial charge in [-0.05, 0) is 61.1 Å². The fourth-order valence-electron chi connectivity index (χ4n) is 5.74. The largest absolute Gasteiger partial charge is 0.330 e. The van der Waals surface area contributed by atoms with Crippen molar-refractivity contribution in [2.75, 3.05) is 17.2 Å². The lowest BCUT2D eigenvalue weighted by atomic mass is 10.1. The van der Waals surface area contributed by atoms with Gasteiger partial charge in [-0.1, -0.05) is 49.2 Å². The number of rotatable bonds is 7. The zero-order chi connectivity index (χ0) is 28.2. The molecule has 3 amide bonds. The Labute approximate surface area is 238 Å². The molecule has 9 heteroatoms. The minimum atomic E-state index is -0.503. The van der Waals surface area contributed by atoms with E-state index in [4.69, 9.17) is 0 Å². The Bertz CT molecular complexity index is 1570. The first-order chi connectivity index (χ1) is 20.0. The van der Waals surface area contributed by atoms with Crippen LogP contribution in [0.3, 0.4) is 0 Å². The van der Waals surface area contributed by atoms with E-state index in [2.05, 4.69) is 25.6 Å². The highest BCUT2D eigenvalue weighted by Crippen LogP contribution is 2.27. The normalized spacial score (nSPS) is 17.1. The van der Waals surface area contributed by atoms with E-state index in [1.165, 1.54) is 0 Å². The number of pyridine rings is 1. The zero-order valence-corrected chi connectivity index (χ0v) is 22.8. The molecule has 2 N–H and O–H groups in total. The fraction of sp³-hybridized carbons (Fsp3) is 0.312. The van der Waals surface area contributed by atoms with Gasteiger partial charge < -0.3 is 10.2 Å². The van der Waals surface area contributed by atoms with Gasteiger partial charge in [-0.3, -0.25) is 19.7 Å². The molecule has 41 heavy (non-hydrogen) atoms. The number of hydrogen-bond donors (Lipinski definition) is 2. The molecule has 0 unspecified atom stereocenters. The summed E-state index contributed by atoms with van der Waals surface area (Å²) in [5.74, 6) is 0.555. The molecule has 9 nitrogen and oxygen atoms in total. The molecule has 2 aromatic heterocycles. The van der Waals surface area contributed by atoms with Gasteiger partial charge in [0.2, 0.25) is 23.7 Å². The van der Waals surface area contributed by atoms with Crippen molar-refractivity contribution in [2.45, 2.75) is 51.0 Å². The molecule has 1 aliphatic carbocycles. The first-order valence-corrected chi connectivity index (χ1v) is 14.2. The summed E-state index contributed by atoms with van der Waals surface area (Å²) in [6, 6.07) is 18.6. The average molecular weight is 549 g/mol. The second-order valence-electron chi connectivity index (χ2n) is 10.8. The van der Waals surface area contributed by atoms with E-state index in [1.54, 1.807) is 23.4 Å². The molecule has 2 aromatic carbocycles. The van der Waals surface area contributed by atoms with Crippen LogP contribution in [-0.4, -0.2) is 50.2 Å². The third-order valence-electron chi connectivity index (χ3n) is 7.96. The van der Waals surface area contributed by atoms with E-state index < -0.39 is 6.04 Å². The molecule has 1 atom stereocenters. The highest BCUT2D eigenvalue weighted by atomic mass is 16.2. The molecule has 1 saturated carbocycles. The topological polar surface area (TPSA) is 117 Å². The predicted octanol–water partition coefficient (Wildman–Crippen LogP) is 4.99.